The minimum Gasteiger partial charge on any atom is -0.384 e. The lowest BCUT2D eigenvalue weighted by Crippen LogP contribution is -2.40. The number of hydrogen-bond donors (Lipinski definition) is 2. The summed E-state index contributed by atoms with van der Waals surface area (Å²) in [6.45, 7) is 3.05. The summed E-state index contributed by atoms with van der Waals surface area (Å²) >= 11 is 0. The van der Waals surface area contributed by atoms with Gasteiger partial charge in [0.15, 0.2) is 0 Å². The van der Waals surface area contributed by atoms with Gasteiger partial charge in [-0.1, -0.05) is 0 Å². The minimum absolute atomic E-state index is 0.00403. The van der Waals surface area contributed by atoms with Crippen LogP contribution in [-0.2, 0) is 24.9 Å². The van der Waals surface area contributed by atoms with Gasteiger partial charge >= 0.3 is 0 Å². The number of aromatic nitrogens is 6. The number of hydrogen-bond acceptors (Lipinski definition) is 5. The molecule has 3 aromatic rings. The van der Waals surface area contributed by atoms with E-state index in [0.29, 0.717) is 18.9 Å². The van der Waals surface area contributed by atoms with E-state index >= 15 is 0 Å². The van der Waals surface area contributed by atoms with Gasteiger partial charge in [0.2, 0.25) is 5.91 Å². The Hall–Kier alpha value is -3.10. The number of rotatable bonds is 3. The summed E-state index contributed by atoms with van der Waals surface area (Å²) in [4.78, 5) is 22.2. The first-order valence-electron chi connectivity index (χ1n) is 8.09. The first-order valence-corrected chi connectivity index (χ1v) is 8.09. The first-order chi connectivity index (χ1) is 12.0. The molecule has 1 amide bonds. The molecule has 4 heterocycles. The predicted molar refractivity (Wildman–Crippen MR) is 90.4 cm³/mol. The highest BCUT2D eigenvalue weighted by molar-refractivity contribution is 5.76. The van der Waals surface area contributed by atoms with Crippen LogP contribution in [0, 0.1) is 6.92 Å². The number of aromatic amines is 1. The second-order valence-corrected chi connectivity index (χ2v) is 6.41. The molecule has 1 aliphatic rings. The van der Waals surface area contributed by atoms with Gasteiger partial charge in [0, 0.05) is 37.3 Å². The highest BCUT2D eigenvalue weighted by Gasteiger charge is 2.32. The number of nitrogens with two attached hydrogens (primary N) is 1. The van der Waals surface area contributed by atoms with Crippen molar-refractivity contribution < 1.29 is 4.79 Å². The maximum Gasteiger partial charge on any atom is 0.244 e. The van der Waals surface area contributed by atoms with Crippen LogP contribution in [0.3, 0.4) is 0 Å². The Kier molecular flexibility index (Phi) is 3.56. The fourth-order valence-electron chi connectivity index (χ4n) is 3.31. The van der Waals surface area contributed by atoms with Crippen LogP contribution in [0.2, 0.25) is 0 Å². The van der Waals surface area contributed by atoms with Gasteiger partial charge in [-0.3, -0.25) is 9.48 Å². The number of anilines is 1. The SMILES string of the molecule is Cc1cc(N)n(CC(=O)N2Cc3[nH]cnc3C(c3cnn(C)c3)C2)n1. The van der Waals surface area contributed by atoms with Crippen molar-refractivity contribution in [3.63, 3.8) is 0 Å². The molecule has 0 radical (unpaired) electrons. The Bertz CT molecular complexity index is 920. The summed E-state index contributed by atoms with van der Waals surface area (Å²) in [6.07, 6.45) is 5.47. The summed E-state index contributed by atoms with van der Waals surface area (Å²) in [5.74, 6) is 0.474. The minimum atomic E-state index is -0.0241. The van der Waals surface area contributed by atoms with Crippen molar-refractivity contribution in [2.24, 2.45) is 7.05 Å². The Morgan fingerprint density at radius 3 is 3.00 bits per heavy atom. The van der Waals surface area contributed by atoms with Crippen molar-refractivity contribution in [1.29, 1.82) is 0 Å². The molecule has 0 bridgehead atoms. The van der Waals surface area contributed by atoms with Gasteiger partial charge in [-0.25, -0.2) is 9.67 Å². The van der Waals surface area contributed by atoms with Crippen LogP contribution in [0.1, 0.15) is 28.6 Å². The number of carbonyl (C=O) groups is 1. The van der Waals surface area contributed by atoms with E-state index in [1.165, 1.54) is 0 Å². The summed E-state index contributed by atoms with van der Waals surface area (Å²) in [6, 6.07) is 1.76. The summed E-state index contributed by atoms with van der Waals surface area (Å²) in [7, 11) is 1.88. The van der Waals surface area contributed by atoms with E-state index in [1.54, 1.807) is 21.8 Å². The molecule has 1 unspecified atom stereocenters. The third-order valence-corrected chi connectivity index (χ3v) is 4.53. The average molecular weight is 340 g/mol. The number of aryl methyl sites for hydroxylation is 2. The van der Waals surface area contributed by atoms with E-state index in [1.807, 2.05) is 31.3 Å². The van der Waals surface area contributed by atoms with Crippen LogP contribution in [0.4, 0.5) is 5.82 Å². The van der Waals surface area contributed by atoms with Gasteiger partial charge in [-0.15, -0.1) is 0 Å². The Balaban J connectivity index is 1.59. The number of carbonyl (C=O) groups excluding carboxylic acids is 1. The summed E-state index contributed by atoms with van der Waals surface area (Å²) < 4.78 is 3.30. The third-order valence-electron chi connectivity index (χ3n) is 4.53. The van der Waals surface area contributed by atoms with Crippen LogP contribution < -0.4 is 5.73 Å². The number of imidazole rings is 1. The zero-order valence-corrected chi connectivity index (χ0v) is 14.2. The highest BCUT2D eigenvalue weighted by atomic mass is 16.2. The van der Waals surface area contributed by atoms with Gasteiger partial charge in [-0.2, -0.15) is 10.2 Å². The monoisotopic (exact) mass is 340 g/mol. The molecular weight excluding hydrogens is 320 g/mol. The molecule has 1 atom stereocenters. The normalized spacial score (nSPS) is 16.9. The second-order valence-electron chi connectivity index (χ2n) is 6.41. The quantitative estimate of drug-likeness (QED) is 0.717. The number of H-pyrrole nitrogens is 1. The highest BCUT2D eigenvalue weighted by Crippen LogP contribution is 2.31. The van der Waals surface area contributed by atoms with Crippen molar-refractivity contribution in [2.75, 3.05) is 12.3 Å². The van der Waals surface area contributed by atoms with Crippen molar-refractivity contribution in [2.45, 2.75) is 25.9 Å². The van der Waals surface area contributed by atoms with Crippen LogP contribution in [0.25, 0.3) is 0 Å². The van der Waals surface area contributed by atoms with Gasteiger partial charge < -0.3 is 15.6 Å². The Labute approximate surface area is 144 Å². The zero-order chi connectivity index (χ0) is 17.6. The maximum atomic E-state index is 12.8. The predicted octanol–water partition coefficient (Wildman–Crippen LogP) is 0.405. The van der Waals surface area contributed by atoms with E-state index in [0.717, 1.165) is 22.6 Å². The number of amides is 1. The summed E-state index contributed by atoms with van der Waals surface area (Å²) in [5, 5.41) is 8.52. The molecule has 25 heavy (non-hydrogen) atoms. The molecule has 0 saturated carbocycles. The molecule has 0 saturated heterocycles. The number of nitrogens with one attached hydrogen (secondary N) is 1. The molecule has 0 aromatic carbocycles. The third kappa shape index (κ3) is 2.77. The van der Waals surface area contributed by atoms with Crippen molar-refractivity contribution in [1.82, 2.24) is 34.4 Å². The van der Waals surface area contributed by atoms with Crippen molar-refractivity contribution in [3.8, 4) is 0 Å². The van der Waals surface area contributed by atoms with Crippen LogP contribution in [0.15, 0.2) is 24.8 Å². The van der Waals surface area contributed by atoms with E-state index in [-0.39, 0.29) is 18.4 Å². The van der Waals surface area contributed by atoms with Crippen LogP contribution in [-0.4, -0.2) is 46.9 Å². The maximum absolute atomic E-state index is 12.8. The zero-order valence-electron chi connectivity index (χ0n) is 14.2. The van der Waals surface area contributed by atoms with Gasteiger partial charge in [0.1, 0.15) is 12.4 Å². The van der Waals surface area contributed by atoms with Crippen LogP contribution >= 0.6 is 0 Å². The number of nitrogen functional groups attached to an aromatic ring is 1. The fourth-order valence-corrected chi connectivity index (χ4v) is 3.31. The molecule has 3 N–H and O–H groups in total. The van der Waals surface area contributed by atoms with E-state index in [4.69, 9.17) is 5.73 Å². The largest absolute Gasteiger partial charge is 0.384 e. The van der Waals surface area contributed by atoms with Crippen LogP contribution in [0.5, 0.6) is 0 Å². The Morgan fingerprint density at radius 1 is 1.48 bits per heavy atom. The molecule has 0 spiro atoms. The molecule has 9 nitrogen and oxygen atoms in total. The molecule has 130 valence electrons. The molecule has 4 rings (SSSR count). The number of fused-ring (bicyclic) bond motifs is 1. The van der Waals surface area contributed by atoms with Gasteiger partial charge in [-0.05, 0) is 6.92 Å². The lowest BCUT2D eigenvalue weighted by atomic mass is 9.93. The number of nitrogens with zero attached hydrogens (tertiary/aromatic N) is 6. The lowest BCUT2D eigenvalue weighted by molar-refractivity contribution is -0.133. The molecule has 0 aliphatic carbocycles. The van der Waals surface area contributed by atoms with Crippen molar-refractivity contribution >= 4 is 11.7 Å². The second kappa shape index (κ2) is 5.76. The Morgan fingerprint density at radius 2 is 2.32 bits per heavy atom. The summed E-state index contributed by atoms with van der Waals surface area (Å²) in [5.41, 5.74) is 9.68. The molecular formula is C16H20N8O. The van der Waals surface area contributed by atoms with E-state index in [2.05, 4.69) is 20.2 Å². The topological polar surface area (TPSA) is 111 Å². The van der Waals surface area contributed by atoms with Crippen molar-refractivity contribution in [3.05, 3.63) is 47.4 Å². The average Bonchev–Trinajstić information content (AvgIpc) is 3.27. The van der Waals surface area contributed by atoms with E-state index in [9.17, 15) is 4.79 Å². The molecule has 9 heteroatoms. The van der Waals surface area contributed by atoms with E-state index < -0.39 is 0 Å². The fraction of sp³-hybridized carbons (Fsp3) is 0.375. The molecule has 0 fully saturated rings. The standard InChI is InChI=1S/C16H20N8O/c1-10-3-14(17)24(21-10)8-15(25)23-6-12(11-4-20-22(2)5-11)16-13(7-23)18-9-19-16/h3-5,9,12H,6-8,17H2,1-2H3,(H,18,19). The molecule has 1 aliphatic heterocycles. The first kappa shape index (κ1) is 15.4. The van der Waals surface area contributed by atoms with Gasteiger partial charge in [0.05, 0.1) is 36.2 Å². The smallest absolute Gasteiger partial charge is 0.244 e. The molecule has 3 aromatic heterocycles. The van der Waals surface area contributed by atoms with Gasteiger partial charge in [0.25, 0.3) is 0 Å². The lowest BCUT2D eigenvalue weighted by Gasteiger charge is -2.31.